The van der Waals surface area contributed by atoms with Crippen LogP contribution in [0.1, 0.15) is 13.3 Å². The third-order valence-electron chi connectivity index (χ3n) is 2.96. The van der Waals surface area contributed by atoms with Crippen LogP contribution >= 0.6 is 0 Å². The van der Waals surface area contributed by atoms with Crippen molar-refractivity contribution in [3.63, 3.8) is 0 Å². The number of aliphatic hydroxyl groups is 3. The van der Waals surface area contributed by atoms with Gasteiger partial charge in [0.15, 0.2) is 6.29 Å². The van der Waals surface area contributed by atoms with Gasteiger partial charge in [0.25, 0.3) is 0 Å². The lowest BCUT2D eigenvalue weighted by Crippen LogP contribution is -2.62. The van der Waals surface area contributed by atoms with Crippen LogP contribution in [-0.4, -0.2) is 71.6 Å². The number of carbonyl (C=O) groups excluding carboxylic acids is 1. The van der Waals surface area contributed by atoms with Crippen LogP contribution in [0.4, 0.5) is 0 Å². The molecule has 112 valence electrons. The quantitative estimate of drug-likeness (QED) is 0.334. The van der Waals surface area contributed by atoms with Crippen molar-refractivity contribution >= 4 is 5.91 Å². The fourth-order valence-electron chi connectivity index (χ4n) is 1.74. The summed E-state index contributed by atoms with van der Waals surface area (Å²) < 4.78 is 10.5. The van der Waals surface area contributed by atoms with Crippen molar-refractivity contribution in [3.8, 4) is 0 Å². The van der Waals surface area contributed by atoms with Crippen LogP contribution in [0.5, 0.6) is 0 Å². The van der Waals surface area contributed by atoms with Gasteiger partial charge in [-0.2, -0.15) is 0 Å². The summed E-state index contributed by atoms with van der Waals surface area (Å²) in [5.41, 5.74) is 5.67. The predicted molar refractivity (Wildman–Crippen MR) is 65.0 cm³/mol. The van der Waals surface area contributed by atoms with Gasteiger partial charge < -0.3 is 35.8 Å². The van der Waals surface area contributed by atoms with E-state index in [2.05, 4.69) is 5.32 Å². The molecular formula is C11H22N2O6. The van der Waals surface area contributed by atoms with E-state index in [4.69, 9.17) is 20.3 Å². The van der Waals surface area contributed by atoms with Gasteiger partial charge >= 0.3 is 0 Å². The molecule has 0 aliphatic carbocycles. The maximum atomic E-state index is 11.0. The molecule has 0 radical (unpaired) electrons. The lowest BCUT2D eigenvalue weighted by molar-refractivity contribution is -0.265. The number of hydrogen-bond acceptors (Lipinski definition) is 7. The highest BCUT2D eigenvalue weighted by Crippen LogP contribution is 2.20. The van der Waals surface area contributed by atoms with Gasteiger partial charge in [-0.1, -0.05) is 6.92 Å². The first-order valence-corrected chi connectivity index (χ1v) is 6.27. The summed E-state index contributed by atoms with van der Waals surface area (Å²) in [7, 11) is 0. The molecule has 1 aliphatic rings. The van der Waals surface area contributed by atoms with Gasteiger partial charge in [-0.3, -0.25) is 4.79 Å². The van der Waals surface area contributed by atoms with Gasteiger partial charge in [0.2, 0.25) is 5.91 Å². The number of hydrogen-bond donors (Lipinski definition) is 5. The van der Waals surface area contributed by atoms with Crippen molar-refractivity contribution in [2.24, 2.45) is 5.73 Å². The highest BCUT2D eigenvalue weighted by molar-refractivity contribution is 5.75. The summed E-state index contributed by atoms with van der Waals surface area (Å²) in [5.74, 6) is -0.0962. The maximum absolute atomic E-state index is 11.0. The smallest absolute Gasteiger partial charge is 0.219 e. The molecule has 0 aromatic carbocycles. The fourth-order valence-corrected chi connectivity index (χ4v) is 1.74. The minimum absolute atomic E-state index is 0.0962. The molecule has 8 heteroatoms. The molecule has 0 spiro atoms. The maximum Gasteiger partial charge on any atom is 0.219 e. The monoisotopic (exact) mass is 278 g/mol. The molecule has 5 unspecified atom stereocenters. The Hall–Kier alpha value is -0.770. The summed E-state index contributed by atoms with van der Waals surface area (Å²) in [5, 5.41) is 30.9. The average molecular weight is 278 g/mol. The highest BCUT2D eigenvalue weighted by atomic mass is 16.7. The molecule has 8 nitrogen and oxygen atoms in total. The fraction of sp³-hybridized carbons (Fsp3) is 0.909. The minimum Gasteiger partial charge on any atom is -0.394 e. The lowest BCUT2D eigenvalue weighted by atomic mass is 9.98. The molecule has 1 amide bonds. The summed E-state index contributed by atoms with van der Waals surface area (Å²) >= 11 is 0. The van der Waals surface area contributed by atoms with E-state index in [1.165, 1.54) is 0 Å². The lowest BCUT2D eigenvalue weighted by Gasteiger charge is -2.40. The molecule has 1 rings (SSSR count). The standard InChI is InChI=1S/C11H22N2O6/c1-2-7(15)13-3-4-18-11-8(12)10(17)9(16)6(5-14)19-11/h6,8-11,14,16-17H,2-5,12H2,1H3,(H,13,15). The van der Waals surface area contributed by atoms with Crippen LogP contribution in [0.15, 0.2) is 0 Å². The average Bonchev–Trinajstić information content (AvgIpc) is 2.42. The summed E-state index contributed by atoms with van der Waals surface area (Å²) in [4.78, 5) is 11.0. The topological polar surface area (TPSA) is 134 Å². The van der Waals surface area contributed by atoms with Gasteiger partial charge in [0, 0.05) is 13.0 Å². The van der Waals surface area contributed by atoms with E-state index < -0.39 is 37.3 Å². The Morgan fingerprint density at radius 1 is 1.42 bits per heavy atom. The van der Waals surface area contributed by atoms with Gasteiger partial charge in [0.05, 0.1) is 19.3 Å². The molecule has 0 aromatic rings. The highest BCUT2D eigenvalue weighted by Gasteiger charge is 2.42. The van der Waals surface area contributed by atoms with Crippen molar-refractivity contribution < 1.29 is 29.6 Å². The zero-order valence-electron chi connectivity index (χ0n) is 10.9. The van der Waals surface area contributed by atoms with Gasteiger partial charge in [-0.05, 0) is 0 Å². The first-order chi connectivity index (χ1) is 9.01. The van der Waals surface area contributed by atoms with E-state index in [-0.39, 0.29) is 12.5 Å². The second-order valence-corrected chi connectivity index (χ2v) is 4.36. The second kappa shape index (κ2) is 7.73. The van der Waals surface area contributed by atoms with Crippen molar-refractivity contribution in [3.05, 3.63) is 0 Å². The first-order valence-electron chi connectivity index (χ1n) is 6.27. The molecule has 19 heavy (non-hydrogen) atoms. The number of ether oxygens (including phenoxy) is 2. The number of nitrogens with one attached hydrogen (secondary N) is 1. The third-order valence-corrected chi connectivity index (χ3v) is 2.96. The van der Waals surface area contributed by atoms with E-state index in [1.807, 2.05) is 0 Å². The zero-order valence-corrected chi connectivity index (χ0v) is 10.9. The first kappa shape index (κ1) is 16.3. The number of amides is 1. The Morgan fingerprint density at radius 3 is 2.68 bits per heavy atom. The number of carbonyl (C=O) groups is 1. The molecule has 1 aliphatic heterocycles. The Labute approximate surface area is 111 Å². The normalized spacial score (nSPS) is 35.1. The van der Waals surface area contributed by atoms with Gasteiger partial charge in [0.1, 0.15) is 18.3 Å². The van der Waals surface area contributed by atoms with Crippen LogP contribution in [0, 0.1) is 0 Å². The molecule has 6 N–H and O–H groups in total. The van der Waals surface area contributed by atoms with Crippen LogP contribution in [-0.2, 0) is 14.3 Å². The largest absolute Gasteiger partial charge is 0.394 e. The Bertz CT molecular complexity index is 288. The number of aliphatic hydroxyl groups excluding tert-OH is 3. The Morgan fingerprint density at radius 2 is 2.11 bits per heavy atom. The summed E-state index contributed by atoms with van der Waals surface area (Å²) in [6, 6.07) is -0.917. The van der Waals surface area contributed by atoms with Crippen molar-refractivity contribution in [1.29, 1.82) is 0 Å². The van der Waals surface area contributed by atoms with Crippen LogP contribution in [0.2, 0.25) is 0 Å². The Balaban J connectivity index is 2.37. The zero-order chi connectivity index (χ0) is 14.4. The molecule has 1 fully saturated rings. The molecule has 0 aromatic heterocycles. The number of nitrogens with two attached hydrogens (primary N) is 1. The SMILES string of the molecule is CCC(=O)NCCOC1OC(CO)C(O)C(O)C1N. The van der Waals surface area contributed by atoms with Gasteiger partial charge in [-0.15, -0.1) is 0 Å². The molecule has 1 heterocycles. The minimum atomic E-state index is -1.25. The van der Waals surface area contributed by atoms with Gasteiger partial charge in [-0.25, -0.2) is 0 Å². The van der Waals surface area contributed by atoms with Crippen LogP contribution < -0.4 is 11.1 Å². The number of rotatable bonds is 6. The summed E-state index contributed by atoms with van der Waals surface area (Å²) in [6.07, 6.45) is -3.98. The molecular weight excluding hydrogens is 256 g/mol. The summed E-state index contributed by atoms with van der Waals surface area (Å²) in [6.45, 7) is 1.74. The molecule has 0 saturated carbocycles. The van der Waals surface area contributed by atoms with Crippen LogP contribution in [0.25, 0.3) is 0 Å². The van der Waals surface area contributed by atoms with Crippen LogP contribution in [0.3, 0.4) is 0 Å². The van der Waals surface area contributed by atoms with E-state index >= 15 is 0 Å². The van der Waals surface area contributed by atoms with E-state index in [1.54, 1.807) is 6.92 Å². The van der Waals surface area contributed by atoms with E-state index in [0.29, 0.717) is 13.0 Å². The molecule has 0 bridgehead atoms. The van der Waals surface area contributed by atoms with E-state index in [0.717, 1.165) is 0 Å². The third kappa shape index (κ3) is 4.37. The van der Waals surface area contributed by atoms with Crippen molar-refractivity contribution in [2.45, 2.75) is 44.0 Å². The molecule has 5 atom stereocenters. The second-order valence-electron chi connectivity index (χ2n) is 4.36. The predicted octanol–water partition coefficient (Wildman–Crippen LogP) is -2.70. The van der Waals surface area contributed by atoms with E-state index in [9.17, 15) is 15.0 Å². The Kier molecular flexibility index (Phi) is 6.63. The van der Waals surface area contributed by atoms with Crippen molar-refractivity contribution in [1.82, 2.24) is 5.32 Å². The van der Waals surface area contributed by atoms with Crippen molar-refractivity contribution in [2.75, 3.05) is 19.8 Å². The molecule has 1 saturated heterocycles.